The number of amides is 1. The van der Waals surface area contributed by atoms with Crippen molar-refractivity contribution < 1.29 is 14.0 Å². The smallest absolute Gasteiger partial charge is 0.259 e. The van der Waals surface area contributed by atoms with E-state index in [1.54, 1.807) is 30.3 Å². The molecule has 0 spiro atoms. The average Bonchev–Trinajstić information content (AvgIpc) is 2.68. The molecule has 0 atom stereocenters. The molecule has 2 aromatic carbocycles. The molecular formula is C19H13BrFN3O2S. The first-order valence-electron chi connectivity index (χ1n) is 7.84. The molecule has 0 saturated carbocycles. The molecule has 0 saturated heterocycles. The van der Waals surface area contributed by atoms with Crippen molar-refractivity contribution in [2.24, 2.45) is 0 Å². The van der Waals surface area contributed by atoms with Crippen LogP contribution in [0.5, 0.6) is 0 Å². The number of halogens is 2. The molecule has 3 rings (SSSR count). The predicted octanol–water partition coefficient (Wildman–Crippen LogP) is 4.61. The summed E-state index contributed by atoms with van der Waals surface area (Å²) < 4.78 is 14.5. The molecule has 27 heavy (non-hydrogen) atoms. The number of hydrogen-bond acceptors (Lipinski definition) is 5. The molecule has 1 N–H and O–H groups in total. The second-order valence-electron chi connectivity index (χ2n) is 5.41. The van der Waals surface area contributed by atoms with E-state index in [1.807, 2.05) is 12.1 Å². The molecule has 0 radical (unpaired) electrons. The predicted molar refractivity (Wildman–Crippen MR) is 106 cm³/mol. The van der Waals surface area contributed by atoms with Gasteiger partial charge in [0.15, 0.2) is 11.6 Å². The van der Waals surface area contributed by atoms with Gasteiger partial charge in [-0.05, 0) is 36.4 Å². The minimum absolute atomic E-state index is 0.0220. The summed E-state index contributed by atoms with van der Waals surface area (Å²) in [6.07, 6.45) is 0. The van der Waals surface area contributed by atoms with Gasteiger partial charge in [0.05, 0.1) is 11.3 Å². The van der Waals surface area contributed by atoms with Crippen LogP contribution >= 0.6 is 27.7 Å². The third kappa shape index (κ3) is 5.21. The molecule has 1 aromatic heterocycles. The number of Topliss-reactive ketones (excluding diaryl/α,β-unsaturated/α-hetero) is 1. The van der Waals surface area contributed by atoms with Crippen molar-refractivity contribution in [2.45, 2.75) is 5.03 Å². The minimum atomic E-state index is -0.610. The maximum atomic E-state index is 13.6. The highest BCUT2D eigenvalue weighted by molar-refractivity contribution is 9.10. The molecule has 5 nitrogen and oxygen atoms in total. The number of carbonyl (C=O) groups excluding carboxylic acids is 2. The molecule has 0 aliphatic heterocycles. The number of aromatic nitrogens is 2. The van der Waals surface area contributed by atoms with Crippen molar-refractivity contribution in [1.82, 2.24) is 10.2 Å². The molecule has 0 bridgehead atoms. The van der Waals surface area contributed by atoms with Crippen LogP contribution in [0.1, 0.15) is 20.7 Å². The van der Waals surface area contributed by atoms with Crippen LogP contribution < -0.4 is 5.32 Å². The van der Waals surface area contributed by atoms with E-state index >= 15 is 0 Å². The number of anilines is 1. The van der Waals surface area contributed by atoms with E-state index < -0.39 is 11.7 Å². The number of thioether (sulfide) groups is 1. The van der Waals surface area contributed by atoms with Crippen molar-refractivity contribution >= 4 is 45.2 Å². The molecule has 3 aromatic rings. The number of nitrogens with one attached hydrogen (secondary N) is 1. The molecule has 8 heteroatoms. The largest absolute Gasteiger partial charge is 0.305 e. The first-order chi connectivity index (χ1) is 13.0. The average molecular weight is 446 g/mol. The van der Waals surface area contributed by atoms with Crippen LogP contribution in [0.2, 0.25) is 0 Å². The van der Waals surface area contributed by atoms with E-state index in [9.17, 15) is 14.0 Å². The van der Waals surface area contributed by atoms with Crippen LogP contribution in [-0.2, 0) is 0 Å². The summed E-state index contributed by atoms with van der Waals surface area (Å²) in [5, 5.41) is 10.9. The molecule has 1 heterocycles. The number of carbonyl (C=O) groups is 2. The zero-order valence-electron chi connectivity index (χ0n) is 13.9. The lowest BCUT2D eigenvalue weighted by atomic mass is 10.2. The van der Waals surface area contributed by atoms with E-state index in [2.05, 4.69) is 31.4 Å². The summed E-state index contributed by atoms with van der Waals surface area (Å²) in [4.78, 5) is 24.2. The van der Waals surface area contributed by atoms with Crippen molar-refractivity contribution in [2.75, 3.05) is 11.1 Å². The SMILES string of the molecule is O=C(CSc1ccc(NC(=O)c2ccccc2F)nn1)c1ccc(Br)cc1. The van der Waals surface area contributed by atoms with Crippen molar-refractivity contribution in [1.29, 1.82) is 0 Å². The zero-order valence-corrected chi connectivity index (χ0v) is 16.3. The highest BCUT2D eigenvalue weighted by atomic mass is 79.9. The first-order valence-corrected chi connectivity index (χ1v) is 9.62. The normalized spacial score (nSPS) is 10.4. The van der Waals surface area contributed by atoms with Crippen LogP contribution in [-0.4, -0.2) is 27.6 Å². The van der Waals surface area contributed by atoms with E-state index in [0.29, 0.717) is 10.6 Å². The fourth-order valence-electron chi connectivity index (χ4n) is 2.15. The Labute approximate surface area is 167 Å². The quantitative estimate of drug-likeness (QED) is 0.443. The van der Waals surface area contributed by atoms with Crippen LogP contribution in [0.25, 0.3) is 0 Å². The summed E-state index contributed by atoms with van der Waals surface area (Å²) >= 11 is 4.57. The summed E-state index contributed by atoms with van der Waals surface area (Å²) in [6, 6.07) is 16.0. The fraction of sp³-hybridized carbons (Fsp3) is 0.0526. The van der Waals surface area contributed by atoms with Gasteiger partial charge in [-0.3, -0.25) is 9.59 Å². The van der Waals surface area contributed by atoms with E-state index in [-0.39, 0.29) is 22.9 Å². The summed E-state index contributed by atoms with van der Waals surface area (Å²) in [5.41, 5.74) is 0.547. The van der Waals surface area contributed by atoms with E-state index in [4.69, 9.17) is 0 Å². The highest BCUT2D eigenvalue weighted by Crippen LogP contribution is 2.19. The third-order valence-electron chi connectivity index (χ3n) is 3.52. The van der Waals surface area contributed by atoms with Gasteiger partial charge in [-0.2, -0.15) is 0 Å². The standard InChI is InChI=1S/C19H13BrFN3O2S/c20-13-7-5-12(6-8-13)16(25)11-27-18-10-9-17(23-24-18)22-19(26)14-3-1-2-4-15(14)21/h1-10H,11H2,(H,22,23,26). The van der Waals surface area contributed by atoms with Crippen molar-refractivity contribution in [3.8, 4) is 0 Å². The lowest BCUT2D eigenvalue weighted by molar-refractivity contribution is 0.101. The van der Waals surface area contributed by atoms with Crippen LogP contribution in [0.15, 0.2) is 70.2 Å². The van der Waals surface area contributed by atoms with Gasteiger partial charge >= 0.3 is 0 Å². The van der Waals surface area contributed by atoms with Gasteiger partial charge in [-0.25, -0.2) is 4.39 Å². The highest BCUT2D eigenvalue weighted by Gasteiger charge is 2.12. The Morgan fingerprint density at radius 1 is 1.00 bits per heavy atom. The van der Waals surface area contributed by atoms with Crippen molar-refractivity contribution in [3.63, 3.8) is 0 Å². The van der Waals surface area contributed by atoms with Crippen LogP contribution in [0.4, 0.5) is 10.2 Å². The number of nitrogens with zero attached hydrogens (tertiary/aromatic N) is 2. The molecule has 136 valence electrons. The van der Waals surface area contributed by atoms with Gasteiger partial charge in [0.25, 0.3) is 5.91 Å². The fourth-order valence-corrected chi connectivity index (χ4v) is 3.12. The monoisotopic (exact) mass is 445 g/mol. The third-order valence-corrected chi connectivity index (χ3v) is 4.97. The molecule has 0 aliphatic carbocycles. The Hall–Kier alpha value is -2.58. The zero-order chi connectivity index (χ0) is 19.2. The molecular weight excluding hydrogens is 433 g/mol. The number of ketones is 1. The van der Waals surface area contributed by atoms with Crippen LogP contribution in [0, 0.1) is 5.82 Å². The van der Waals surface area contributed by atoms with Gasteiger partial charge in [0.1, 0.15) is 10.8 Å². The topological polar surface area (TPSA) is 72.0 Å². The molecule has 0 fully saturated rings. The molecule has 0 aliphatic rings. The summed E-state index contributed by atoms with van der Waals surface area (Å²) in [5.74, 6) is -0.815. The van der Waals surface area contributed by atoms with Gasteiger partial charge in [0, 0.05) is 10.0 Å². The Morgan fingerprint density at radius 3 is 2.41 bits per heavy atom. The maximum Gasteiger partial charge on any atom is 0.259 e. The summed E-state index contributed by atoms with van der Waals surface area (Å²) in [7, 11) is 0. The second kappa shape index (κ2) is 8.88. The van der Waals surface area contributed by atoms with E-state index in [1.165, 1.54) is 30.0 Å². The Balaban J connectivity index is 1.57. The lowest BCUT2D eigenvalue weighted by Gasteiger charge is -2.05. The Morgan fingerprint density at radius 2 is 1.74 bits per heavy atom. The summed E-state index contributed by atoms with van der Waals surface area (Å²) in [6.45, 7) is 0. The van der Waals surface area contributed by atoms with Gasteiger partial charge < -0.3 is 5.32 Å². The van der Waals surface area contributed by atoms with Gasteiger partial charge in [-0.15, -0.1) is 10.2 Å². The first kappa shape index (κ1) is 19.2. The second-order valence-corrected chi connectivity index (χ2v) is 7.32. The molecule has 1 amide bonds. The number of rotatable bonds is 6. The van der Waals surface area contributed by atoms with E-state index in [0.717, 1.165) is 4.47 Å². The van der Waals surface area contributed by atoms with Crippen molar-refractivity contribution in [3.05, 3.63) is 82.1 Å². The molecule has 0 unspecified atom stereocenters. The van der Waals surface area contributed by atoms with Crippen LogP contribution in [0.3, 0.4) is 0 Å². The van der Waals surface area contributed by atoms with Gasteiger partial charge in [-0.1, -0.05) is 52.0 Å². The number of hydrogen-bond donors (Lipinski definition) is 1. The Bertz CT molecular complexity index is 965. The maximum absolute atomic E-state index is 13.6. The van der Waals surface area contributed by atoms with Gasteiger partial charge in [0.2, 0.25) is 0 Å². The Kier molecular flexibility index (Phi) is 6.31. The number of benzene rings is 2. The minimum Gasteiger partial charge on any atom is -0.305 e. The lowest BCUT2D eigenvalue weighted by Crippen LogP contribution is -2.15.